The summed E-state index contributed by atoms with van der Waals surface area (Å²) in [5.41, 5.74) is 0. The largest absolute Gasteiger partial charge is 0.425 e. The monoisotopic (exact) mass is 289 g/mol. The molecule has 0 aromatic carbocycles. The summed E-state index contributed by atoms with van der Waals surface area (Å²) in [5.74, 6) is -1.41. The van der Waals surface area contributed by atoms with Gasteiger partial charge in [0.1, 0.15) is 5.78 Å². The Hall–Kier alpha value is -1.99. The number of ether oxygens (including phenoxy) is 2. The lowest BCUT2D eigenvalue weighted by molar-refractivity contribution is -0.524. The molecule has 1 unspecified atom stereocenters. The van der Waals surface area contributed by atoms with Crippen molar-refractivity contribution in [2.24, 2.45) is 0 Å². The van der Waals surface area contributed by atoms with Gasteiger partial charge in [0, 0.05) is 44.5 Å². The van der Waals surface area contributed by atoms with Crippen molar-refractivity contribution in [3.05, 3.63) is 10.1 Å². The average Bonchev–Trinajstić information content (AvgIpc) is 2.25. The first-order valence-corrected chi connectivity index (χ1v) is 6.19. The first-order valence-electron chi connectivity index (χ1n) is 6.19. The summed E-state index contributed by atoms with van der Waals surface area (Å²) < 4.78 is 9.49. The molecule has 0 rings (SSSR count). The van der Waals surface area contributed by atoms with Crippen LogP contribution in [0, 0.1) is 10.1 Å². The number of carbonyl (C=O) groups excluding carboxylic acids is 3. The molecular formula is C12H19NO7. The summed E-state index contributed by atoms with van der Waals surface area (Å²) in [7, 11) is 0. The van der Waals surface area contributed by atoms with Crippen LogP contribution in [0.5, 0.6) is 0 Å². The van der Waals surface area contributed by atoms with Gasteiger partial charge in [0.15, 0.2) is 0 Å². The predicted octanol–water partition coefficient (Wildman–Crippen LogP) is 1.23. The number of ketones is 1. The third-order valence-electron chi connectivity index (χ3n) is 2.46. The fourth-order valence-corrected chi connectivity index (χ4v) is 1.57. The Kier molecular flexibility index (Phi) is 8.10. The van der Waals surface area contributed by atoms with Gasteiger partial charge in [-0.3, -0.25) is 19.7 Å². The molecule has 0 radical (unpaired) electrons. The molecule has 0 heterocycles. The van der Waals surface area contributed by atoms with Crippen molar-refractivity contribution in [3.8, 4) is 0 Å². The molecule has 0 bridgehead atoms. The molecule has 0 saturated carbocycles. The van der Waals surface area contributed by atoms with Gasteiger partial charge in [0.2, 0.25) is 12.3 Å². The zero-order valence-electron chi connectivity index (χ0n) is 11.8. The number of Topliss-reactive ketones (excluding diaryl/α,β-unsaturated/α-hetero) is 1. The lowest BCUT2D eigenvalue weighted by atomic mass is 10.0. The predicted molar refractivity (Wildman–Crippen MR) is 67.3 cm³/mol. The third kappa shape index (κ3) is 9.01. The van der Waals surface area contributed by atoms with Gasteiger partial charge in [-0.1, -0.05) is 0 Å². The van der Waals surface area contributed by atoms with Crippen LogP contribution in [-0.2, 0) is 23.9 Å². The Balaban J connectivity index is 4.44. The van der Waals surface area contributed by atoms with E-state index in [1.807, 2.05) is 0 Å². The van der Waals surface area contributed by atoms with Crippen LogP contribution in [0.4, 0.5) is 0 Å². The number of hydrogen-bond donors (Lipinski definition) is 0. The van der Waals surface area contributed by atoms with Crippen molar-refractivity contribution in [2.45, 2.75) is 58.8 Å². The van der Waals surface area contributed by atoms with Crippen molar-refractivity contribution < 1.29 is 28.8 Å². The van der Waals surface area contributed by atoms with Gasteiger partial charge in [-0.15, -0.1) is 0 Å². The lowest BCUT2D eigenvalue weighted by Crippen LogP contribution is -2.27. The summed E-state index contributed by atoms with van der Waals surface area (Å²) in [5, 5.41) is 10.8. The Morgan fingerprint density at radius 2 is 1.50 bits per heavy atom. The SMILES string of the molecule is CC(=O)CCC(CCC(OC(C)=O)OC(C)=O)[N+](=O)[O-]. The molecule has 0 aliphatic heterocycles. The van der Waals surface area contributed by atoms with E-state index in [0.717, 1.165) is 13.8 Å². The van der Waals surface area contributed by atoms with Gasteiger partial charge >= 0.3 is 11.9 Å². The topological polar surface area (TPSA) is 113 Å². The smallest absolute Gasteiger partial charge is 0.305 e. The van der Waals surface area contributed by atoms with E-state index in [-0.39, 0.29) is 31.5 Å². The number of carbonyl (C=O) groups is 3. The molecule has 8 nitrogen and oxygen atoms in total. The Morgan fingerprint density at radius 1 is 1.00 bits per heavy atom. The van der Waals surface area contributed by atoms with E-state index < -0.39 is 29.2 Å². The fourth-order valence-electron chi connectivity index (χ4n) is 1.57. The van der Waals surface area contributed by atoms with Crippen molar-refractivity contribution in [3.63, 3.8) is 0 Å². The van der Waals surface area contributed by atoms with E-state index in [4.69, 9.17) is 9.47 Å². The van der Waals surface area contributed by atoms with Gasteiger partial charge in [-0.05, 0) is 6.92 Å². The number of nitrogens with zero attached hydrogens (tertiary/aromatic N) is 1. The number of nitro groups is 1. The zero-order valence-corrected chi connectivity index (χ0v) is 11.8. The summed E-state index contributed by atoms with van der Waals surface area (Å²) in [6, 6.07) is -0.937. The zero-order chi connectivity index (χ0) is 15.7. The fraction of sp³-hybridized carbons (Fsp3) is 0.750. The van der Waals surface area contributed by atoms with E-state index >= 15 is 0 Å². The summed E-state index contributed by atoms with van der Waals surface area (Å²) in [6.45, 7) is 3.66. The van der Waals surface area contributed by atoms with Crippen LogP contribution in [-0.4, -0.2) is 35.0 Å². The highest BCUT2D eigenvalue weighted by atomic mass is 16.7. The summed E-state index contributed by atoms with van der Waals surface area (Å²) in [6.07, 6.45) is -0.856. The standard InChI is InChI=1S/C12H19NO7/c1-8(14)4-5-11(13(17)18)6-7-12(19-9(2)15)20-10(3)16/h11-12H,4-7H2,1-3H3. The van der Waals surface area contributed by atoms with Gasteiger partial charge in [0.25, 0.3) is 0 Å². The minimum Gasteiger partial charge on any atom is -0.425 e. The first kappa shape index (κ1) is 18.0. The molecule has 0 aromatic heterocycles. The molecule has 0 aromatic rings. The molecule has 8 heteroatoms. The Labute approximate surface area is 116 Å². The second kappa shape index (κ2) is 9.00. The van der Waals surface area contributed by atoms with Crippen LogP contribution in [0.1, 0.15) is 46.5 Å². The number of rotatable bonds is 9. The van der Waals surface area contributed by atoms with E-state index in [9.17, 15) is 24.5 Å². The molecule has 1 atom stereocenters. The normalized spacial score (nSPS) is 11.8. The molecule has 20 heavy (non-hydrogen) atoms. The van der Waals surface area contributed by atoms with Crippen molar-refractivity contribution in [1.82, 2.24) is 0 Å². The summed E-state index contributed by atoms with van der Waals surface area (Å²) in [4.78, 5) is 42.9. The molecule has 114 valence electrons. The quantitative estimate of drug-likeness (QED) is 0.271. The number of esters is 2. The molecular weight excluding hydrogens is 270 g/mol. The van der Waals surface area contributed by atoms with Gasteiger partial charge in [-0.25, -0.2) is 0 Å². The minimum absolute atomic E-state index is 0.0166. The average molecular weight is 289 g/mol. The highest BCUT2D eigenvalue weighted by Gasteiger charge is 2.24. The van der Waals surface area contributed by atoms with Gasteiger partial charge in [0.05, 0.1) is 0 Å². The second-order valence-electron chi connectivity index (χ2n) is 4.41. The second-order valence-corrected chi connectivity index (χ2v) is 4.41. The molecule has 0 saturated heterocycles. The van der Waals surface area contributed by atoms with Crippen LogP contribution < -0.4 is 0 Å². The molecule has 0 spiro atoms. The molecule has 0 N–H and O–H groups in total. The van der Waals surface area contributed by atoms with Crippen molar-refractivity contribution >= 4 is 17.7 Å². The lowest BCUT2D eigenvalue weighted by Gasteiger charge is -2.17. The van der Waals surface area contributed by atoms with Gasteiger partial charge < -0.3 is 14.3 Å². The highest BCUT2D eigenvalue weighted by molar-refractivity contribution is 5.75. The van der Waals surface area contributed by atoms with Crippen LogP contribution in [0.3, 0.4) is 0 Å². The molecule has 0 aliphatic carbocycles. The van der Waals surface area contributed by atoms with Crippen LogP contribution >= 0.6 is 0 Å². The Bertz CT molecular complexity index is 364. The van der Waals surface area contributed by atoms with Crippen molar-refractivity contribution in [2.75, 3.05) is 0 Å². The number of hydrogen-bond acceptors (Lipinski definition) is 7. The third-order valence-corrected chi connectivity index (χ3v) is 2.46. The maximum atomic E-state index is 10.8. The van der Waals surface area contributed by atoms with Crippen LogP contribution in [0.25, 0.3) is 0 Å². The maximum Gasteiger partial charge on any atom is 0.305 e. The van der Waals surface area contributed by atoms with Crippen LogP contribution in [0.2, 0.25) is 0 Å². The highest BCUT2D eigenvalue weighted by Crippen LogP contribution is 2.14. The van der Waals surface area contributed by atoms with E-state index in [1.54, 1.807) is 0 Å². The maximum absolute atomic E-state index is 10.8. The van der Waals surface area contributed by atoms with E-state index in [1.165, 1.54) is 6.92 Å². The summed E-state index contributed by atoms with van der Waals surface area (Å²) >= 11 is 0. The molecule has 0 fully saturated rings. The van der Waals surface area contributed by atoms with E-state index in [2.05, 4.69) is 0 Å². The van der Waals surface area contributed by atoms with Crippen molar-refractivity contribution in [1.29, 1.82) is 0 Å². The Morgan fingerprint density at radius 3 is 1.85 bits per heavy atom. The van der Waals surface area contributed by atoms with E-state index in [0.29, 0.717) is 0 Å². The minimum atomic E-state index is -1.13. The van der Waals surface area contributed by atoms with Crippen LogP contribution in [0.15, 0.2) is 0 Å². The van der Waals surface area contributed by atoms with Gasteiger partial charge in [-0.2, -0.15) is 0 Å². The molecule has 0 amide bonds. The molecule has 0 aliphatic rings. The first-order chi connectivity index (χ1) is 9.22.